The maximum absolute atomic E-state index is 11.6. The van der Waals surface area contributed by atoms with Crippen LogP contribution in [0.3, 0.4) is 0 Å². The van der Waals surface area contributed by atoms with Crippen molar-refractivity contribution in [3.8, 4) is 5.75 Å². The smallest absolute Gasteiger partial charge is 0.239 e. The molecule has 2 amide bonds. The lowest BCUT2D eigenvalue weighted by atomic mass is 10.1. The highest BCUT2D eigenvalue weighted by molar-refractivity contribution is 9.10. The monoisotopic (exact) mass is 357 g/mol. The van der Waals surface area contributed by atoms with Gasteiger partial charge in [0.25, 0.3) is 0 Å². The Hall–Kier alpha value is -1.60. The quantitative estimate of drug-likeness (QED) is 0.679. The van der Waals surface area contributed by atoms with Gasteiger partial charge >= 0.3 is 0 Å². The zero-order chi connectivity index (χ0) is 15.8. The summed E-state index contributed by atoms with van der Waals surface area (Å²) in [5.41, 5.74) is 1.03. The van der Waals surface area contributed by atoms with Gasteiger partial charge in [-0.15, -0.1) is 0 Å². The van der Waals surface area contributed by atoms with Crippen molar-refractivity contribution in [1.29, 1.82) is 0 Å². The number of carbonyl (C=O) groups is 2. The van der Waals surface area contributed by atoms with E-state index in [0.29, 0.717) is 0 Å². The van der Waals surface area contributed by atoms with E-state index in [-0.39, 0.29) is 30.9 Å². The predicted octanol–water partition coefficient (Wildman–Crippen LogP) is 0.970. The largest absolute Gasteiger partial charge is 0.496 e. The molecule has 0 aromatic heterocycles. The van der Waals surface area contributed by atoms with E-state index >= 15 is 0 Å². The van der Waals surface area contributed by atoms with Crippen LogP contribution in [0.4, 0.5) is 0 Å². The third-order valence-electron chi connectivity index (χ3n) is 2.97. The van der Waals surface area contributed by atoms with E-state index in [9.17, 15) is 9.59 Å². The van der Waals surface area contributed by atoms with Crippen molar-refractivity contribution in [3.05, 3.63) is 28.2 Å². The first-order valence-electron chi connectivity index (χ1n) is 6.52. The molecule has 0 saturated heterocycles. The first-order valence-corrected chi connectivity index (χ1v) is 7.31. The summed E-state index contributed by atoms with van der Waals surface area (Å²) in [6.07, 6.45) is 0. The van der Waals surface area contributed by atoms with Crippen LogP contribution in [0.25, 0.3) is 0 Å². The highest BCUT2D eigenvalue weighted by Crippen LogP contribution is 2.27. The van der Waals surface area contributed by atoms with Crippen LogP contribution in [0.15, 0.2) is 22.7 Å². The van der Waals surface area contributed by atoms with Gasteiger partial charge in [0.15, 0.2) is 0 Å². The molecule has 0 aliphatic carbocycles. The van der Waals surface area contributed by atoms with Crippen molar-refractivity contribution in [2.24, 2.45) is 0 Å². The van der Waals surface area contributed by atoms with Crippen LogP contribution >= 0.6 is 15.9 Å². The number of halogens is 1. The van der Waals surface area contributed by atoms with E-state index in [1.54, 1.807) is 7.11 Å². The summed E-state index contributed by atoms with van der Waals surface area (Å²) >= 11 is 3.43. The second-order valence-electron chi connectivity index (χ2n) is 4.45. The highest BCUT2D eigenvalue weighted by atomic mass is 79.9. The van der Waals surface area contributed by atoms with Gasteiger partial charge in [0, 0.05) is 13.1 Å². The third-order valence-corrected chi connectivity index (χ3v) is 3.59. The number of rotatable bonds is 7. The molecule has 1 rings (SSSR count). The van der Waals surface area contributed by atoms with E-state index in [0.717, 1.165) is 15.8 Å². The summed E-state index contributed by atoms with van der Waals surface area (Å²) in [4.78, 5) is 22.6. The highest BCUT2D eigenvalue weighted by Gasteiger charge is 2.10. The maximum Gasteiger partial charge on any atom is 0.239 e. The summed E-state index contributed by atoms with van der Waals surface area (Å²) in [6, 6.07) is 5.74. The molecule has 0 unspecified atom stereocenters. The number of hydrogen-bond acceptors (Lipinski definition) is 4. The molecular formula is C14H20BrN3O3. The Morgan fingerprint density at radius 2 is 2.00 bits per heavy atom. The van der Waals surface area contributed by atoms with Gasteiger partial charge in [-0.3, -0.25) is 9.59 Å². The average molecular weight is 358 g/mol. The molecule has 0 spiro atoms. The standard InChI is InChI=1S/C14H20BrN3O3/c1-9(10-4-5-12(21-3)11(15)6-10)17-8-14(20)18-7-13(19)16-2/h4-6,9,17H,7-8H2,1-3H3,(H,16,19)(H,18,20)/t9-/m0/s1. The lowest BCUT2D eigenvalue weighted by molar-refractivity contribution is -0.125. The normalized spacial score (nSPS) is 11.6. The topological polar surface area (TPSA) is 79.5 Å². The number of amides is 2. The van der Waals surface area contributed by atoms with Crippen LogP contribution in [-0.4, -0.2) is 39.1 Å². The molecule has 6 nitrogen and oxygen atoms in total. The second kappa shape index (κ2) is 8.63. The van der Waals surface area contributed by atoms with E-state index in [2.05, 4.69) is 31.9 Å². The Bertz CT molecular complexity index is 508. The van der Waals surface area contributed by atoms with Crippen LogP contribution in [0, 0.1) is 0 Å². The molecule has 0 bridgehead atoms. The zero-order valence-corrected chi connectivity index (χ0v) is 13.9. The molecule has 116 valence electrons. The number of methoxy groups -OCH3 is 1. The Morgan fingerprint density at radius 1 is 1.29 bits per heavy atom. The summed E-state index contributed by atoms with van der Waals surface area (Å²) in [5.74, 6) is 0.308. The summed E-state index contributed by atoms with van der Waals surface area (Å²) in [7, 11) is 3.13. The summed E-state index contributed by atoms with van der Waals surface area (Å²) in [6.45, 7) is 2.08. The fraction of sp³-hybridized carbons (Fsp3) is 0.429. The van der Waals surface area contributed by atoms with Crippen molar-refractivity contribution in [1.82, 2.24) is 16.0 Å². The summed E-state index contributed by atoms with van der Waals surface area (Å²) < 4.78 is 6.03. The molecule has 1 aromatic carbocycles. The molecular weight excluding hydrogens is 338 g/mol. The summed E-state index contributed by atoms with van der Waals surface area (Å²) in [5, 5.41) is 8.06. The Morgan fingerprint density at radius 3 is 2.57 bits per heavy atom. The van der Waals surface area contributed by atoms with Crippen molar-refractivity contribution >= 4 is 27.7 Å². The van der Waals surface area contributed by atoms with Crippen LogP contribution in [0.1, 0.15) is 18.5 Å². The van der Waals surface area contributed by atoms with E-state index in [4.69, 9.17) is 4.74 Å². The SMILES string of the molecule is CNC(=O)CNC(=O)CN[C@@H](C)c1ccc(OC)c(Br)c1. The second-order valence-corrected chi connectivity index (χ2v) is 5.30. The molecule has 0 aliphatic rings. The van der Waals surface area contributed by atoms with Gasteiger partial charge in [0.2, 0.25) is 11.8 Å². The fourth-order valence-corrected chi connectivity index (χ4v) is 2.20. The average Bonchev–Trinajstić information content (AvgIpc) is 2.49. The van der Waals surface area contributed by atoms with Crippen LogP contribution < -0.4 is 20.7 Å². The minimum Gasteiger partial charge on any atom is -0.496 e. The van der Waals surface area contributed by atoms with Crippen molar-refractivity contribution in [3.63, 3.8) is 0 Å². The van der Waals surface area contributed by atoms with Crippen LogP contribution in [0.5, 0.6) is 5.75 Å². The molecule has 21 heavy (non-hydrogen) atoms. The molecule has 0 radical (unpaired) electrons. The van der Waals surface area contributed by atoms with Gasteiger partial charge in [-0.1, -0.05) is 6.07 Å². The van der Waals surface area contributed by atoms with Gasteiger partial charge in [0.05, 0.1) is 24.7 Å². The van der Waals surface area contributed by atoms with Crippen molar-refractivity contribution in [2.45, 2.75) is 13.0 Å². The number of nitrogens with one attached hydrogen (secondary N) is 3. The minimum atomic E-state index is -0.226. The van der Waals surface area contributed by atoms with Gasteiger partial charge in [-0.05, 0) is 40.5 Å². The first-order chi connectivity index (χ1) is 9.97. The van der Waals surface area contributed by atoms with E-state index in [1.165, 1.54) is 7.05 Å². The predicted molar refractivity (Wildman–Crippen MR) is 84.2 cm³/mol. The Balaban J connectivity index is 2.46. The van der Waals surface area contributed by atoms with E-state index < -0.39 is 0 Å². The Kier molecular flexibility index (Phi) is 7.18. The molecule has 1 atom stereocenters. The van der Waals surface area contributed by atoms with Crippen molar-refractivity contribution in [2.75, 3.05) is 27.2 Å². The van der Waals surface area contributed by atoms with Crippen LogP contribution in [-0.2, 0) is 9.59 Å². The van der Waals surface area contributed by atoms with Crippen molar-refractivity contribution < 1.29 is 14.3 Å². The molecule has 1 aromatic rings. The number of ether oxygens (including phenoxy) is 1. The molecule has 7 heteroatoms. The van der Waals surface area contributed by atoms with Gasteiger partial charge in [0.1, 0.15) is 5.75 Å². The Labute approximate surface area is 132 Å². The molecule has 0 heterocycles. The molecule has 0 fully saturated rings. The maximum atomic E-state index is 11.6. The fourth-order valence-electron chi connectivity index (χ4n) is 1.65. The molecule has 0 saturated carbocycles. The zero-order valence-electron chi connectivity index (χ0n) is 12.3. The number of benzene rings is 1. The van der Waals surface area contributed by atoms with E-state index in [1.807, 2.05) is 25.1 Å². The first kappa shape index (κ1) is 17.5. The van der Waals surface area contributed by atoms with Gasteiger partial charge < -0.3 is 20.7 Å². The number of hydrogen-bond donors (Lipinski definition) is 3. The van der Waals surface area contributed by atoms with Gasteiger partial charge in [-0.2, -0.15) is 0 Å². The molecule has 3 N–H and O–H groups in total. The molecule has 0 aliphatic heterocycles. The number of likely N-dealkylation sites (N-methyl/N-ethyl adjacent to an activating group) is 1. The lowest BCUT2D eigenvalue weighted by Crippen LogP contribution is -2.40. The lowest BCUT2D eigenvalue weighted by Gasteiger charge is -2.15. The number of carbonyl (C=O) groups excluding carboxylic acids is 2. The van der Waals surface area contributed by atoms with Gasteiger partial charge in [-0.25, -0.2) is 0 Å². The minimum absolute atomic E-state index is 0.00189. The third kappa shape index (κ3) is 5.73. The van der Waals surface area contributed by atoms with Crippen LogP contribution in [0.2, 0.25) is 0 Å².